The van der Waals surface area contributed by atoms with Gasteiger partial charge in [0.15, 0.2) is 0 Å². The fourth-order valence-electron chi connectivity index (χ4n) is 1.48. The van der Waals surface area contributed by atoms with Crippen molar-refractivity contribution in [2.24, 2.45) is 0 Å². The molecule has 5 heteroatoms. The van der Waals surface area contributed by atoms with E-state index in [1.54, 1.807) is 0 Å². The smallest absolute Gasteiger partial charge is 0.225 e. The maximum Gasteiger partial charge on any atom is 0.225 e. The molecule has 0 fully saturated rings. The van der Waals surface area contributed by atoms with Crippen LogP contribution in [0.5, 0.6) is 0 Å². The van der Waals surface area contributed by atoms with Gasteiger partial charge >= 0.3 is 0 Å². The zero-order chi connectivity index (χ0) is 12.3. The fraction of sp³-hybridized carbons (Fsp3) is 0.167. The number of aromatic nitrogens is 2. The van der Waals surface area contributed by atoms with Gasteiger partial charge in [0.05, 0.1) is 0 Å². The summed E-state index contributed by atoms with van der Waals surface area (Å²) in [5, 5.41) is 0. The van der Waals surface area contributed by atoms with Gasteiger partial charge in [0.1, 0.15) is 0 Å². The first-order valence-corrected chi connectivity index (χ1v) is 6.95. The van der Waals surface area contributed by atoms with E-state index >= 15 is 0 Å². The summed E-state index contributed by atoms with van der Waals surface area (Å²) in [6, 6.07) is 8.24. The molecule has 0 N–H and O–H groups in total. The topological polar surface area (TPSA) is 29.0 Å². The van der Waals surface area contributed by atoms with Gasteiger partial charge in [0.25, 0.3) is 0 Å². The van der Waals surface area contributed by atoms with Crippen molar-refractivity contribution in [3.63, 3.8) is 0 Å². The summed E-state index contributed by atoms with van der Waals surface area (Å²) in [7, 11) is 1.99. The summed E-state index contributed by atoms with van der Waals surface area (Å²) in [6.07, 6.45) is 3.64. The van der Waals surface area contributed by atoms with Crippen LogP contribution in [0, 0.1) is 3.57 Å². The largest absolute Gasteiger partial charge is 0.340 e. The summed E-state index contributed by atoms with van der Waals surface area (Å²) in [4.78, 5) is 10.6. The van der Waals surface area contributed by atoms with E-state index < -0.39 is 0 Å². The second-order valence-corrected chi connectivity index (χ2v) is 5.85. The fourth-order valence-corrected chi connectivity index (χ4v) is 2.21. The minimum absolute atomic E-state index is 0.741. The summed E-state index contributed by atoms with van der Waals surface area (Å²) in [5.74, 6) is 0.741. The lowest BCUT2D eigenvalue weighted by Crippen LogP contribution is -2.18. The molecular weight excluding hydrogens is 393 g/mol. The molecule has 0 aliphatic carbocycles. The average Bonchev–Trinajstić information content (AvgIpc) is 2.29. The van der Waals surface area contributed by atoms with Crippen molar-refractivity contribution in [3.8, 4) is 0 Å². The number of nitrogens with zero attached hydrogens (tertiary/aromatic N) is 3. The second-order valence-electron chi connectivity index (χ2n) is 3.69. The number of halogens is 2. The zero-order valence-corrected chi connectivity index (χ0v) is 13.0. The Morgan fingerprint density at radius 3 is 2.65 bits per heavy atom. The van der Waals surface area contributed by atoms with Crippen LogP contribution in [0.3, 0.4) is 0 Å². The molecule has 0 bridgehead atoms. The van der Waals surface area contributed by atoms with Crippen molar-refractivity contribution in [2.75, 3.05) is 11.9 Å². The molecule has 0 radical (unpaired) electrons. The Kier molecular flexibility index (Phi) is 4.33. The van der Waals surface area contributed by atoms with Gasteiger partial charge in [-0.25, -0.2) is 9.97 Å². The molecule has 0 saturated carbocycles. The van der Waals surface area contributed by atoms with Crippen molar-refractivity contribution in [2.45, 2.75) is 6.54 Å². The standard InChI is InChI=1S/C12H11BrIN3/c1-17(12-15-6-11(14)7-16-12)8-9-3-2-4-10(13)5-9/h2-7H,8H2,1H3. The minimum atomic E-state index is 0.741. The SMILES string of the molecule is CN(Cc1cccc(Br)c1)c1ncc(I)cn1. The van der Waals surface area contributed by atoms with Crippen LogP contribution in [0.4, 0.5) is 5.95 Å². The Labute approximate surface area is 123 Å². The van der Waals surface area contributed by atoms with Crippen molar-refractivity contribution in [1.82, 2.24) is 9.97 Å². The molecule has 0 aliphatic heterocycles. The molecule has 3 nitrogen and oxygen atoms in total. The number of benzene rings is 1. The Hall–Kier alpha value is -0.690. The average molecular weight is 404 g/mol. The van der Waals surface area contributed by atoms with Gasteiger partial charge in [0, 0.05) is 34.0 Å². The summed E-state index contributed by atoms with van der Waals surface area (Å²) in [6.45, 7) is 0.792. The van der Waals surface area contributed by atoms with Crippen molar-refractivity contribution >= 4 is 44.5 Å². The van der Waals surface area contributed by atoms with Crippen LogP contribution in [-0.4, -0.2) is 17.0 Å². The maximum absolute atomic E-state index is 4.29. The van der Waals surface area contributed by atoms with Crippen molar-refractivity contribution < 1.29 is 0 Å². The minimum Gasteiger partial charge on any atom is -0.340 e. The summed E-state index contributed by atoms with van der Waals surface area (Å²) < 4.78 is 2.13. The molecule has 1 heterocycles. The van der Waals surface area contributed by atoms with Crippen molar-refractivity contribution in [3.05, 3.63) is 50.3 Å². The summed E-state index contributed by atoms with van der Waals surface area (Å²) >= 11 is 5.67. The van der Waals surface area contributed by atoms with Gasteiger partial charge in [-0.05, 0) is 40.3 Å². The lowest BCUT2D eigenvalue weighted by molar-refractivity contribution is 0.864. The van der Waals surface area contributed by atoms with Crippen LogP contribution in [0.25, 0.3) is 0 Å². The highest BCUT2D eigenvalue weighted by atomic mass is 127. The quantitative estimate of drug-likeness (QED) is 0.734. The normalized spacial score (nSPS) is 10.3. The summed E-state index contributed by atoms with van der Waals surface area (Å²) in [5.41, 5.74) is 1.23. The van der Waals surface area contributed by atoms with Crippen LogP contribution in [0.2, 0.25) is 0 Å². The molecular formula is C12H11BrIN3. The molecule has 17 heavy (non-hydrogen) atoms. The lowest BCUT2D eigenvalue weighted by atomic mass is 10.2. The Morgan fingerprint density at radius 1 is 1.29 bits per heavy atom. The van der Waals surface area contributed by atoms with E-state index in [0.29, 0.717) is 0 Å². The molecule has 0 spiro atoms. The third-order valence-corrected chi connectivity index (χ3v) is 3.31. The first-order chi connectivity index (χ1) is 8.15. The first kappa shape index (κ1) is 12.8. The van der Waals surface area contributed by atoms with Crippen LogP contribution in [0.1, 0.15) is 5.56 Å². The van der Waals surface area contributed by atoms with Crippen LogP contribution in [0.15, 0.2) is 41.1 Å². The van der Waals surface area contributed by atoms with E-state index in [1.165, 1.54) is 5.56 Å². The highest BCUT2D eigenvalue weighted by Crippen LogP contribution is 2.15. The molecule has 2 aromatic rings. The van der Waals surface area contributed by atoms with Gasteiger partial charge < -0.3 is 4.90 Å². The van der Waals surface area contributed by atoms with E-state index in [4.69, 9.17) is 0 Å². The van der Waals surface area contributed by atoms with E-state index in [9.17, 15) is 0 Å². The third kappa shape index (κ3) is 3.64. The Morgan fingerprint density at radius 2 is 2.00 bits per heavy atom. The van der Waals surface area contributed by atoms with E-state index in [1.807, 2.05) is 36.5 Å². The van der Waals surface area contributed by atoms with Gasteiger partial charge in [-0.15, -0.1) is 0 Å². The Bertz CT molecular complexity index is 501. The van der Waals surface area contributed by atoms with Crippen LogP contribution in [-0.2, 0) is 6.54 Å². The zero-order valence-electron chi connectivity index (χ0n) is 9.27. The number of anilines is 1. The van der Waals surface area contributed by atoms with Crippen LogP contribution >= 0.6 is 38.5 Å². The molecule has 2 rings (SSSR count). The third-order valence-electron chi connectivity index (χ3n) is 2.26. The van der Waals surface area contributed by atoms with Gasteiger partial charge in [-0.2, -0.15) is 0 Å². The molecule has 0 saturated heterocycles. The molecule has 0 unspecified atom stereocenters. The van der Waals surface area contributed by atoms with Crippen LogP contribution < -0.4 is 4.90 Å². The second kappa shape index (κ2) is 5.77. The number of rotatable bonds is 3. The maximum atomic E-state index is 4.29. The van der Waals surface area contributed by atoms with Gasteiger partial charge in [-0.1, -0.05) is 28.1 Å². The monoisotopic (exact) mass is 403 g/mol. The Balaban J connectivity index is 2.11. The lowest BCUT2D eigenvalue weighted by Gasteiger charge is -2.16. The molecule has 0 aliphatic rings. The first-order valence-electron chi connectivity index (χ1n) is 5.08. The van der Waals surface area contributed by atoms with Gasteiger partial charge in [0.2, 0.25) is 5.95 Å². The predicted molar refractivity (Wildman–Crippen MR) is 81.0 cm³/mol. The molecule has 88 valence electrons. The highest BCUT2D eigenvalue weighted by Gasteiger charge is 2.04. The number of hydrogen-bond donors (Lipinski definition) is 0. The molecule has 0 amide bonds. The van der Waals surface area contributed by atoms with Gasteiger partial charge in [-0.3, -0.25) is 0 Å². The molecule has 1 aromatic carbocycles. The van der Waals surface area contributed by atoms with Crippen molar-refractivity contribution in [1.29, 1.82) is 0 Å². The molecule has 1 aromatic heterocycles. The number of hydrogen-bond acceptors (Lipinski definition) is 3. The molecule has 0 atom stereocenters. The predicted octanol–water partition coefficient (Wildman–Crippen LogP) is 3.48. The van der Waals surface area contributed by atoms with E-state index in [2.05, 4.69) is 60.6 Å². The van der Waals surface area contributed by atoms with E-state index in [0.717, 1.165) is 20.5 Å². The van der Waals surface area contributed by atoms with E-state index in [-0.39, 0.29) is 0 Å². The highest BCUT2D eigenvalue weighted by molar-refractivity contribution is 14.1.